The van der Waals surface area contributed by atoms with E-state index in [9.17, 15) is 4.79 Å². The third-order valence-electron chi connectivity index (χ3n) is 5.54. The van der Waals surface area contributed by atoms with Crippen molar-refractivity contribution in [3.63, 3.8) is 0 Å². The number of nitrogens with zero attached hydrogens (tertiary/aromatic N) is 3. The molecule has 1 aliphatic carbocycles. The number of benzene rings is 1. The fraction of sp³-hybridized carbons (Fsp3) is 0.579. The maximum atomic E-state index is 12.6. The quantitative estimate of drug-likeness (QED) is 0.943. The largest absolute Gasteiger partial charge is 0.353 e. The molecule has 0 spiro atoms. The summed E-state index contributed by atoms with van der Waals surface area (Å²) >= 11 is 0. The second-order valence-electron chi connectivity index (χ2n) is 7.23. The van der Waals surface area contributed by atoms with Gasteiger partial charge in [0, 0.05) is 26.2 Å². The van der Waals surface area contributed by atoms with E-state index in [1.807, 2.05) is 18.2 Å². The lowest BCUT2D eigenvalue weighted by atomic mass is 9.97. The minimum Gasteiger partial charge on any atom is -0.353 e. The van der Waals surface area contributed by atoms with E-state index >= 15 is 0 Å². The number of nitrogens with one attached hydrogen (secondary N) is 1. The summed E-state index contributed by atoms with van der Waals surface area (Å²) in [6.45, 7) is 1.75. The van der Waals surface area contributed by atoms with E-state index in [-0.39, 0.29) is 11.8 Å². The van der Waals surface area contributed by atoms with Crippen LogP contribution in [-0.4, -0.2) is 34.6 Å². The normalized spacial score (nSPS) is 22.2. The van der Waals surface area contributed by atoms with Gasteiger partial charge in [0.1, 0.15) is 0 Å². The Hall–Kier alpha value is -2.04. The zero-order chi connectivity index (χ0) is 16.5. The van der Waals surface area contributed by atoms with Gasteiger partial charge in [-0.25, -0.2) is 4.98 Å². The van der Waals surface area contributed by atoms with Crippen LogP contribution in [0.2, 0.25) is 0 Å². The second kappa shape index (κ2) is 6.46. The molecule has 1 aliphatic heterocycles. The number of imidazole rings is 1. The number of anilines is 1. The molecule has 0 radical (unpaired) electrons. The van der Waals surface area contributed by atoms with Crippen LogP contribution in [0.5, 0.6) is 0 Å². The molecule has 2 heterocycles. The molecule has 0 unspecified atom stereocenters. The maximum Gasteiger partial charge on any atom is 0.225 e. The van der Waals surface area contributed by atoms with Crippen LogP contribution in [0, 0.1) is 5.92 Å². The molecule has 128 valence electrons. The number of para-hydroxylation sites is 2. The van der Waals surface area contributed by atoms with Crippen molar-refractivity contribution in [3.8, 4) is 0 Å². The number of rotatable bonds is 3. The third kappa shape index (κ3) is 2.87. The maximum absolute atomic E-state index is 12.6. The van der Waals surface area contributed by atoms with Crippen LogP contribution < -0.4 is 10.2 Å². The van der Waals surface area contributed by atoms with Gasteiger partial charge in [0.25, 0.3) is 0 Å². The molecule has 4 rings (SSSR count). The van der Waals surface area contributed by atoms with Gasteiger partial charge in [0.05, 0.1) is 17.0 Å². The first-order chi connectivity index (χ1) is 11.7. The Labute approximate surface area is 143 Å². The average Bonchev–Trinajstić information content (AvgIpc) is 3.23. The number of carbonyl (C=O) groups is 1. The van der Waals surface area contributed by atoms with E-state index in [4.69, 9.17) is 4.98 Å². The molecule has 24 heavy (non-hydrogen) atoms. The fourth-order valence-corrected chi connectivity index (χ4v) is 4.18. The minimum absolute atomic E-state index is 0.0826. The standard InChI is InChI=1S/C19H26N4O/c1-22-17-11-5-4-10-16(17)21-19(22)23-12-6-7-14(13-23)18(24)20-15-8-2-3-9-15/h4-5,10-11,14-15H,2-3,6-9,12-13H2,1H3,(H,20,24)/t14-/m1/s1. The molecule has 5 nitrogen and oxygen atoms in total. The molecule has 2 aromatic rings. The fourth-order valence-electron chi connectivity index (χ4n) is 4.18. The van der Waals surface area contributed by atoms with Gasteiger partial charge < -0.3 is 14.8 Å². The molecule has 1 atom stereocenters. The van der Waals surface area contributed by atoms with Crippen LogP contribution in [0.3, 0.4) is 0 Å². The van der Waals surface area contributed by atoms with Gasteiger partial charge in [0.2, 0.25) is 11.9 Å². The number of fused-ring (bicyclic) bond motifs is 1. The smallest absolute Gasteiger partial charge is 0.225 e. The van der Waals surface area contributed by atoms with Crippen LogP contribution >= 0.6 is 0 Å². The Balaban J connectivity index is 1.49. The van der Waals surface area contributed by atoms with Gasteiger partial charge in [-0.3, -0.25) is 4.79 Å². The highest BCUT2D eigenvalue weighted by atomic mass is 16.2. The molecular formula is C19H26N4O. The van der Waals surface area contributed by atoms with Crippen molar-refractivity contribution in [2.24, 2.45) is 13.0 Å². The first kappa shape index (κ1) is 15.5. The summed E-state index contributed by atoms with van der Waals surface area (Å²) in [5.41, 5.74) is 2.16. The number of amides is 1. The molecule has 1 aromatic carbocycles. The van der Waals surface area contributed by atoms with Crippen LogP contribution in [0.15, 0.2) is 24.3 Å². The molecule has 1 aromatic heterocycles. The molecular weight excluding hydrogens is 300 g/mol. The Morgan fingerprint density at radius 2 is 1.96 bits per heavy atom. The zero-order valence-electron chi connectivity index (χ0n) is 14.4. The van der Waals surface area contributed by atoms with Crippen molar-refractivity contribution < 1.29 is 4.79 Å². The lowest BCUT2D eigenvalue weighted by Crippen LogP contribution is -2.46. The van der Waals surface area contributed by atoms with E-state index in [1.165, 1.54) is 12.8 Å². The number of hydrogen-bond donors (Lipinski definition) is 1. The van der Waals surface area contributed by atoms with Crippen molar-refractivity contribution >= 4 is 22.9 Å². The number of aromatic nitrogens is 2. The van der Waals surface area contributed by atoms with Crippen LogP contribution in [0.25, 0.3) is 11.0 Å². The zero-order valence-corrected chi connectivity index (χ0v) is 14.4. The van der Waals surface area contributed by atoms with Crippen molar-refractivity contribution in [3.05, 3.63) is 24.3 Å². The monoisotopic (exact) mass is 326 g/mol. The van der Waals surface area contributed by atoms with E-state index < -0.39 is 0 Å². The van der Waals surface area contributed by atoms with Gasteiger partial charge >= 0.3 is 0 Å². The highest BCUT2D eigenvalue weighted by Crippen LogP contribution is 2.26. The number of hydrogen-bond acceptors (Lipinski definition) is 3. The Morgan fingerprint density at radius 3 is 2.75 bits per heavy atom. The summed E-state index contributed by atoms with van der Waals surface area (Å²) < 4.78 is 2.15. The Kier molecular flexibility index (Phi) is 4.17. The SMILES string of the molecule is Cn1c(N2CCC[C@@H](C(=O)NC3CCCC3)C2)nc2ccccc21. The first-order valence-corrected chi connectivity index (χ1v) is 9.19. The predicted molar refractivity (Wildman–Crippen MR) is 96.0 cm³/mol. The summed E-state index contributed by atoms with van der Waals surface area (Å²) in [4.78, 5) is 19.7. The predicted octanol–water partition coefficient (Wildman–Crippen LogP) is 2.85. The van der Waals surface area contributed by atoms with E-state index in [1.54, 1.807) is 0 Å². The summed E-state index contributed by atoms with van der Waals surface area (Å²) in [5, 5.41) is 3.27. The van der Waals surface area contributed by atoms with Crippen LogP contribution in [0.1, 0.15) is 38.5 Å². The summed E-state index contributed by atoms with van der Waals surface area (Å²) in [7, 11) is 2.06. The molecule has 1 amide bonds. The van der Waals surface area contributed by atoms with Crippen molar-refractivity contribution in [1.82, 2.24) is 14.9 Å². The van der Waals surface area contributed by atoms with Gasteiger partial charge in [-0.1, -0.05) is 25.0 Å². The number of carbonyl (C=O) groups excluding carboxylic acids is 1. The average molecular weight is 326 g/mol. The molecule has 0 bridgehead atoms. The van der Waals surface area contributed by atoms with Crippen LogP contribution in [-0.2, 0) is 11.8 Å². The molecule has 1 N–H and O–H groups in total. The highest BCUT2D eigenvalue weighted by Gasteiger charge is 2.29. The van der Waals surface area contributed by atoms with E-state index in [0.29, 0.717) is 6.04 Å². The third-order valence-corrected chi connectivity index (χ3v) is 5.54. The van der Waals surface area contributed by atoms with Gasteiger partial charge in [0.15, 0.2) is 0 Å². The molecule has 1 saturated heterocycles. The van der Waals surface area contributed by atoms with Crippen molar-refractivity contribution in [2.75, 3.05) is 18.0 Å². The number of aryl methyl sites for hydroxylation is 1. The topological polar surface area (TPSA) is 50.2 Å². The van der Waals surface area contributed by atoms with Gasteiger partial charge in [-0.15, -0.1) is 0 Å². The number of piperidine rings is 1. The molecule has 2 fully saturated rings. The first-order valence-electron chi connectivity index (χ1n) is 9.19. The second-order valence-corrected chi connectivity index (χ2v) is 7.23. The van der Waals surface area contributed by atoms with Crippen LogP contribution in [0.4, 0.5) is 5.95 Å². The van der Waals surface area contributed by atoms with E-state index in [2.05, 4.69) is 27.9 Å². The van der Waals surface area contributed by atoms with Gasteiger partial charge in [-0.05, 0) is 37.8 Å². The van der Waals surface area contributed by atoms with Gasteiger partial charge in [-0.2, -0.15) is 0 Å². The molecule has 5 heteroatoms. The highest BCUT2D eigenvalue weighted by molar-refractivity contribution is 5.81. The van der Waals surface area contributed by atoms with E-state index in [0.717, 1.165) is 55.8 Å². The summed E-state index contributed by atoms with van der Waals surface area (Å²) in [5.74, 6) is 1.30. The lowest BCUT2D eigenvalue weighted by molar-refractivity contribution is -0.125. The molecule has 1 saturated carbocycles. The Morgan fingerprint density at radius 1 is 1.17 bits per heavy atom. The molecule has 2 aliphatic rings. The lowest BCUT2D eigenvalue weighted by Gasteiger charge is -2.33. The minimum atomic E-state index is 0.0826. The summed E-state index contributed by atoms with van der Waals surface area (Å²) in [6.07, 6.45) is 6.83. The summed E-state index contributed by atoms with van der Waals surface area (Å²) in [6, 6.07) is 8.62. The Bertz CT molecular complexity index is 732. The van der Waals surface area contributed by atoms with Crippen molar-refractivity contribution in [1.29, 1.82) is 0 Å². The van der Waals surface area contributed by atoms with Crippen molar-refractivity contribution in [2.45, 2.75) is 44.6 Å².